The van der Waals surface area contributed by atoms with Gasteiger partial charge in [0.1, 0.15) is 5.75 Å². The first-order chi connectivity index (χ1) is 3.81. The molecule has 0 fully saturated rings. The van der Waals surface area contributed by atoms with Crippen molar-refractivity contribution in [3.05, 3.63) is 0 Å². The highest BCUT2D eigenvalue weighted by Gasteiger charge is 2.01. The molecule has 1 unspecified atom stereocenters. The van der Waals surface area contributed by atoms with E-state index in [9.17, 15) is 4.55 Å². The predicted molar refractivity (Wildman–Crippen MR) is 41.4 cm³/mol. The van der Waals surface area contributed by atoms with Crippen LogP contribution in [0.25, 0.3) is 0 Å². The summed E-state index contributed by atoms with van der Waals surface area (Å²) < 4.78 is 10.7. The fourth-order valence-electron chi connectivity index (χ4n) is 0.357. The fraction of sp³-hybridized carbons (Fsp3) is 1.00. The highest BCUT2D eigenvalue weighted by Crippen LogP contribution is 2.12. The minimum absolute atomic E-state index is 0.603. The lowest BCUT2D eigenvalue weighted by Gasteiger charge is -2.03. The third-order valence-electron chi connectivity index (χ3n) is 0.620. The number of rotatable bonds is 4. The van der Waals surface area contributed by atoms with Crippen molar-refractivity contribution < 1.29 is 4.55 Å². The van der Waals surface area contributed by atoms with E-state index in [1.165, 1.54) is 10.8 Å². The first kappa shape index (κ1) is 8.66. The molecule has 3 heteroatoms. The molecule has 50 valence electrons. The van der Waals surface area contributed by atoms with Crippen molar-refractivity contribution >= 4 is 21.0 Å². The molecule has 0 aromatic rings. The van der Waals surface area contributed by atoms with E-state index in [0.717, 1.165) is 17.9 Å². The maximum atomic E-state index is 10.7. The molecule has 0 aromatic heterocycles. The molecule has 0 aliphatic carbocycles. The molecule has 1 nitrogen and oxygen atoms in total. The molecule has 0 heterocycles. The Morgan fingerprint density at radius 3 is 2.50 bits per heavy atom. The number of hydrogen-bond acceptors (Lipinski definition) is 2. The second-order valence-electron chi connectivity index (χ2n) is 1.41. The van der Waals surface area contributed by atoms with Gasteiger partial charge in [-0.2, -0.15) is 0 Å². The van der Waals surface area contributed by atoms with Gasteiger partial charge < -0.3 is 4.55 Å². The lowest BCUT2D eigenvalue weighted by Crippen LogP contribution is -1.99. The van der Waals surface area contributed by atoms with Crippen LogP contribution in [0.5, 0.6) is 0 Å². The van der Waals surface area contributed by atoms with Gasteiger partial charge in [-0.25, -0.2) is 0 Å². The summed E-state index contributed by atoms with van der Waals surface area (Å²) >= 11 is 0. The van der Waals surface area contributed by atoms with Crippen LogP contribution in [-0.4, -0.2) is 16.1 Å². The highest BCUT2D eigenvalue weighted by molar-refractivity contribution is 8.72. The first-order valence-corrected chi connectivity index (χ1v) is 5.65. The van der Waals surface area contributed by atoms with E-state index in [1.807, 2.05) is 13.8 Å². The van der Waals surface area contributed by atoms with Gasteiger partial charge in [0.25, 0.3) is 0 Å². The van der Waals surface area contributed by atoms with E-state index in [-0.39, 0.29) is 0 Å². The molecule has 0 bridgehead atoms. The van der Waals surface area contributed by atoms with Gasteiger partial charge in [-0.1, -0.05) is 13.8 Å². The second kappa shape index (κ2) is 5.79. The van der Waals surface area contributed by atoms with Crippen LogP contribution in [0, 0.1) is 0 Å². The van der Waals surface area contributed by atoms with Crippen molar-refractivity contribution in [2.24, 2.45) is 0 Å². The smallest absolute Gasteiger partial charge is 0.117 e. The molecule has 0 aromatic carbocycles. The van der Waals surface area contributed by atoms with Crippen LogP contribution in [-0.2, 0) is 10.2 Å². The Bertz CT molecular complexity index is 43.7. The summed E-state index contributed by atoms with van der Waals surface area (Å²) in [7, 11) is 0.925. The highest BCUT2D eigenvalue weighted by atomic mass is 33.1. The summed E-state index contributed by atoms with van der Waals surface area (Å²) in [4.78, 5) is 0. The largest absolute Gasteiger partial charge is 0.605 e. The van der Waals surface area contributed by atoms with Gasteiger partial charge in [0.05, 0.1) is 10.8 Å². The summed E-state index contributed by atoms with van der Waals surface area (Å²) in [5.74, 6) is 1.81. The molecule has 0 spiro atoms. The normalized spacial score (nSPS) is 13.9. The average Bonchev–Trinajstić information content (AvgIpc) is 1.68. The van der Waals surface area contributed by atoms with E-state index in [2.05, 4.69) is 0 Å². The third kappa shape index (κ3) is 4.81. The zero-order chi connectivity index (χ0) is 6.41. The zero-order valence-electron chi connectivity index (χ0n) is 5.35. The molecule has 0 saturated carbocycles. The van der Waals surface area contributed by atoms with Gasteiger partial charge in [-0.15, -0.1) is 0 Å². The van der Waals surface area contributed by atoms with Crippen molar-refractivity contribution in [2.75, 3.05) is 11.5 Å². The Hall–Kier alpha value is 0.660. The Balaban J connectivity index is 2.92. The van der Waals surface area contributed by atoms with E-state index in [4.69, 9.17) is 0 Å². The van der Waals surface area contributed by atoms with Crippen molar-refractivity contribution in [2.45, 2.75) is 20.3 Å². The van der Waals surface area contributed by atoms with Crippen molar-refractivity contribution in [3.8, 4) is 0 Å². The van der Waals surface area contributed by atoms with E-state index >= 15 is 0 Å². The molecule has 0 N–H and O–H groups in total. The van der Waals surface area contributed by atoms with E-state index < -0.39 is 10.2 Å². The quantitative estimate of drug-likeness (QED) is 0.453. The third-order valence-corrected chi connectivity index (χ3v) is 3.86. The minimum Gasteiger partial charge on any atom is -0.605 e. The van der Waals surface area contributed by atoms with Crippen LogP contribution in [0.2, 0.25) is 0 Å². The summed E-state index contributed by atoms with van der Waals surface area (Å²) in [5.41, 5.74) is 0. The predicted octanol–water partition coefficient (Wildman–Crippen LogP) is 1.81. The van der Waals surface area contributed by atoms with Gasteiger partial charge in [0.15, 0.2) is 0 Å². The second-order valence-corrected chi connectivity index (χ2v) is 5.07. The van der Waals surface area contributed by atoms with Crippen LogP contribution in [0.3, 0.4) is 0 Å². The molecular formula is C5H12OS2. The average molecular weight is 152 g/mol. The van der Waals surface area contributed by atoms with E-state index in [1.54, 1.807) is 0 Å². The summed E-state index contributed by atoms with van der Waals surface area (Å²) in [6, 6.07) is 0. The standard InChI is InChI=1S/C5H12OS2/c1-3-5-8(6)7-4-2/h3-5H2,1-2H3. The molecule has 0 aliphatic heterocycles. The Labute approximate surface area is 57.8 Å². The fourth-order valence-corrected chi connectivity index (χ4v) is 2.71. The van der Waals surface area contributed by atoms with Crippen molar-refractivity contribution in [1.82, 2.24) is 0 Å². The first-order valence-electron chi connectivity index (χ1n) is 2.82. The van der Waals surface area contributed by atoms with Crippen LogP contribution < -0.4 is 0 Å². The van der Waals surface area contributed by atoms with Gasteiger partial charge in [-0.3, -0.25) is 0 Å². The van der Waals surface area contributed by atoms with Crippen LogP contribution in [0.1, 0.15) is 20.3 Å². The van der Waals surface area contributed by atoms with Crippen LogP contribution in [0.4, 0.5) is 0 Å². The molecule has 0 amide bonds. The van der Waals surface area contributed by atoms with Crippen molar-refractivity contribution in [3.63, 3.8) is 0 Å². The monoisotopic (exact) mass is 152 g/mol. The van der Waals surface area contributed by atoms with Gasteiger partial charge >= 0.3 is 0 Å². The van der Waals surface area contributed by atoms with Gasteiger partial charge in [0, 0.05) is 16.0 Å². The van der Waals surface area contributed by atoms with Crippen molar-refractivity contribution in [1.29, 1.82) is 0 Å². The van der Waals surface area contributed by atoms with Gasteiger partial charge in [0.2, 0.25) is 0 Å². The SMILES string of the molecule is CCC[S+]([O-])SCC. The summed E-state index contributed by atoms with van der Waals surface area (Å²) in [6.45, 7) is 4.08. The molecule has 1 atom stereocenters. The van der Waals surface area contributed by atoms with Gasteiger partial charge in [-0.05, 0) is 6.42 Å². The minimum atomic E-state index is -0.603. The Morgan fingerprint density at radius 1 is 1.50 bits per heavy atom. The summed E-state index contributed by atoms with van der Waals surface area (Å²) in [5, 5.41) is 0. The zero-order valence-corrected chi connectivity index (χ0v) is 6.98. The summed E-state index contributed by atoms with van der Waals surface area (Å²) in [6.07, 6.45) is 1.03. The molecular weight excluding hydrogens is 140 g/mol. The molecule has 8 heavy (non-hydrogen) atoms. The molecule has 0 rings (SSSR count). The van der Waals surface area contributed by atoms with Crippen LogP contribution in [0.15, 0.2) is 0 Å². The van der Waals surface area contributed by atoms with Crippen LogP contribution >= 0.6 is 10.8 Å². The topological polar surface area (TPSA) is 23.1 Å². The lowest BCUT2D eigenvalue weighted by atomic mass is 10.6. The Kier molecular flexibility index (Phi) is 6.27. The molecule has 0 saturated heterocycles. The molecule has 0 aliphatic rings. The number of hydrogen-bond donors (Lipinski definition) is 0. The Morgan fingerprint density at radius 2 is 2.12 bits per heavy atom. The van der Waals surface area contributed by atoms with E-state index in [0.29, 0.717) is 0 Å². The molecule has 0 radical (unpaired) electrons. The lowest BCUT2D eigenvalue weighted by molar-refractivity contribution is 0.608. The maximum Gasteiger partial charge on any atom is 0.117 e. The maximum absolute atomic E-state index is 10.7.